The number of amides is 1. The number of rotatable bonds is 5. The van der Waals surface area contributed by atoms with Crippen molar-refractivity contribution in [3.8, 4) is 0 Å². The first-order valence-electron chi connectivity index (χ1n) is 7.89. The van der Waals surface area contributed by atoms with Crippen molar-refractivity contribution in [3.05, 3.63) is 108 Å². The monoisotopic (exact) mass is 317 g/mol. The Balaban J connectivity index is 1.90. The molecule has 0 heterocycles. The maximum atomic E-state index is 12.5. The normalized spacial score (nSPS) is 13.0. The van der Waals surface area contributed by atoms with Crippen molar-refractivity contribution in [2.75, 3.05) is 0 Å². The van der Waals surface area contributed by atoms with Gasteiger partial charge >= 0.3 is 0 Å². The summed E-state index contributed by atoms with van der Waals surface area (Å²) in [5.74, 6) is -0.209. The van der Waals surface area contributed by atoms with Gasteiger partial charge in [0.25, 0.3) is 5.91 Å². The molecular formula is C21H19NO2. The van der Waals surface area contributed by atoms with Gasteiger partial charge in [-0.1, -0.05) is 78.9 Å². The first-order valence-corrected chi connectivity index (χ1v) is 7.89. The predicted molar refractivity (Wildman–Crippen MR) is 94.5 cm³/mol. The van der Waals surface area contributed by atoms with Crippen LogP contribution in [0.15, 0.2) is 91.0 Å². The van der Waals surface area contributed by atoms with Gasteiger partial charge in [0.1, 0.15) is 6.10 Å². The smallest absolute Gasteiger partial charge is 0.251 e. The van der Waals surface area contributed by atoms with Crippen LogP contribution in [0.2, 0.25) is 0 Å². The second kappa shape index (κ2) is 7.57. The summed E-state index contributed by atoms with van der Waals surface area (Å²) in [6.07, 6.45) is -0.832. The summed E-state index contributed by atoms with van der Waals surface area (Å²) in [4.78, 5) is 12.5. The minimum Gasteiger partial charge on any atom is -0.386 e. The molecule has 0 fully saturated rings. The Morgan fingerprint density at radius 2 is 1.17 bits per heavy atom. The molecule has 0 aliphatic rings. The lowest BCUT2D eigenvalue weighted by atomic mass is 9.95. The molecular weight excluding hydrogens is 298 g/mol. The number of aliphatic hydroxyl groups is 1. The highest BCUT2D eigenvalue weighted by molar-refractivity contribution is 5.94. The fourth-order valence-corrected chi connectivity index (χ4v) is 2.66. The number of aliphatic hydroxyl groups excluding tert-OH is 1. The summed E-state index contributed by atoms with van der Waals surface area (Å²) >= 11 is 0. The molecule has 0 bridgehead atoms. The summed E-state index contributed by atoms with van der Waals surface area (Å²) in [5, 5.41) is 13.8. The van der Waals surface area contributed by atoms with Crippen LogP contribution in [0, 0.1) is 0 Å². The Bertz CT molecular complexity index is 773. The molecule has 3 nitrogen and oxygen atoms in total. The molecule has 3 heteroatoms. The number of benzene rings is 3. The highest BCUT2D eigenvalue weighted by Crippen LogP contribution is 2.29. The topological polar surface area (TPSA) is 49.3 Å². The molecule has 0 aliphatic carbocycles. The first-order chi connectivity index (χ1) is 11.8. The fraction of sp³-hybridized carbons (Fsp3) is 0.0952. The van der Waals surface area contributed by atoms with Gasteiger partial charge in [0.2, 0.25) is 0 Å². The van der Waals surface area contributed by atoms with Crippen molar-refractivity contribution in [2.24, 2.45) is 0 Å². The molecule has 2 unspecified atom stereocenters. The van der Waals surface area contributed by atoms with Gasteiger partial charge in [-0.15, -0.1) is 0 Å². The van der Waals surface area contributed by atoms with Crippen LogP contribution in [0.3, 0.4) is 0 Å². The fourth-order valence-electron chi connectivity index (χ4n) is 2.66. The van der Waals surface area contributed by atoms with E-state index in [1.165, 1.54) is 0 Å². The van der Waals surface area contributed by atoms with E-state index in [2.05, 4.69) is 5.32 Å². The van der Waals surface area contributed by atoms with E-state index in [9.17, 15) is 9.90 Å². The van der Waals surface area contributed by atoms with E-state index >= 15 is 0 Å². The van der Waals surface area contributed by atoms with Crippen LogP contribution in [0.4, 0.5) is 0 Å². The minimum atomic E-state index is -0.832. The summed E-state index contributed by atoms with van der Waals surface area (Å²) in [7, 11) is 0. The van der Waals surface area contributed by atoms with Crippen LogP contribution >= 0.6 is 0 Å². The van der Waals surface area contributed by atoms with E-state index in [0.717, 1.165) is 11.1 Å². The van der Waals surface area contributed by atoms with Crippen LogP contribution < -0.4 is 5.32 Å². The third kappa shape index (κ3) is 3.70. The third-order valence-electron chi connectivity index (χ3n) is 3.94. The number of hydrogen-bond acceptors (Lipinski definition) is 2. The molecule has 0 spiro atoms. The van der Waals surface area contributed by atoms with E-state index in [-0.39, 0.29) is 5.91 Å². The number of carbonyl (C=O) groups excluding carboxylic acids is 1. The van der Waals surface area contributed by atoms with Gasteiger partial charge < -0.3 is 10.4 Å². The molecule has 2 atom stereocenters. The second-order valence-corrected chi connectivity index (χ2v) is 5.58. The van der Waals surface area contributed by atoms with Gasteiger partial charge in [-0.05, 0) is 23.3 Å². The molecule has 3 aromatic carbocycles. The molecule has 3 aromatic rings. The second-order valence-electron chi connectivity index (χ2n) is 5.58. The van der Waals surface area contributed by atoms with E-state index in [1.54, 1.807) is 12.1 Å². The zero-order valence-electron chi connectivity index (χ0n) is 13.2. The van der Waals surface area contributed by atoms with Crippen molar-refractivity contribution in [2.45, 2.75) is 12.1 Å². The number of carbonyl (C=O) groups is 1. The summed E-state index contributed by atoms with van der Waals surface area (Å²) in [6, 6.07) is 27.4. The van der Waals surface area contributed by atoms with Gasteiger partial charge in [0.05, 0.1) is 6.04 Å². The van der Waals surface area contributed by atoms with Gasteiger partial charge in [-0.2, -0.15) is 0 Å². The quantitative estimate of drug-likeness (QED) is 0.750. The predicted octanol–water partition coefficient (Wildman–Crippen LogP) is 3.89. The molecule has 0 radical (unpaired) electrons. The third-order valence-corrected chi connectivity index (χ3v) is 3.94. The van der Waals surface area contributed by atoms with Gasteiger partial charge in [0.15, 0.2) is 0 Å². The Hall–Kier alpha value is -2.91. The van der Waals surface area contributed by atoms with Crippen molar-refractivity contribution in [1.82, 2.24) is 5.32 Å². The average molecular weight is 317 g/mol. The maximum absolute atomic E-state index is 12.5. The van der Waals surface area contributed by atoms with Crippen LogP contribution in [0.1, 0.15) is 33.6 Å². The van der Waals surface area contributed by atoms with Gasteiger partial charge in [-0.3, -0.25) is 4.79 Å². The Morgan fingerprint density at radius 3 is 1.71 bits per heavy atom. The molecule has 24 heavy (non-hydrogen) atoms. The van der Waals surface area contributed by atoms with Crippen molar-refractivity contribution >= 4 is 5.91 Å². The van der Waals surface area contributed by atoms with Gasteiger partial charge in [0, 0.05) is 5.56 Å². The summed E-state index contributed by atoms with van der Waals surface area (Å²) in [6.45, 7) is 0. The van der Waals surface area contributed by atoms with Crippen LogP contribution in [0.25, 0.3) is 0 Å². The molecule has 2 N–H and O–H groups in total. The molecule has 120 valence electrons. The largest absolute Gasteiger partial charge is 0.386 e. The maximum Gasteiger partial charge on any atom is 0.251 e. The first kappa shape index (κ1) is 16.0. The molecule has 0 aromatic heterocycles. The van der Waals surface area contributed by atoms with Crippen LogP contribution in [-0.4, -0.2) is 11.0 Å². The Labute approximate surface area is 141 Å². The molecule has 0 aliphatic heterocycles. The molecule has 0 saturated heterocycles. The van der Waals surface area contributed by atoms with Crippen molar-refractivity contribution in [1.29, 1.82) is 0 Å². The lowest BCUT2D eigenvalue weighted by Gasteiger charge is -2.25. The molecule has 1 amide bonds. The van der Waals surface area contributed by atoms with Crippen molar-refractivity contribution < 1.29 is 9.90 Å². The number of hydrogen-bond donors (Lipinski definition) is 2. The molecule has 3 rings (SSSR count). The summed E-state index contributed by atoms with van der Waals surface area (Å²) < 4.78 is 0. The highest BCUT2D eigenvalue weighted by Gasteiger charge is 2.24. The van der Waals surface area contributed by atoms with Crippen LogP contribution in [-0.2, 0) is 0 Å². The number of nitrogens with one attached hydrogen (secondary N) is 1. The zero-order valence-corrected chi connectivity index (χ0v) is 13.2. The SMILES string of the molecule is O=C(NC(c1ccccc1)C(O)c1ccccc1)c1ccccc1. The Morgan fingerprint density at radius 1 is 0.708 bits per heavy atom. The van der Waals surface area contributed by atoms with E-state index in [1.807, 2.05) is 78.9 Å². The molecule has 0 saturated carbocycles. The zero-order chi connectivity index (χ0) is 16.8. The Kier molecular flexibility index (Phi) is 5.04. The van der Waals surface area contributed by atoms with Crippen molar-refractivity contribution in [3.63, 3.8) is 0 Å². The standard InChI is InChI=1S/C21H19NO2/c23-20(17-12-6-2-7-13-17)19(16-10-4-1-5-11-16)22-21(24)18-14-8-3-9-15-18/h1-15,19-20,23H,(H,22,24). The van der Waals surface area contributed by atoms with Gasteiger partial charge in [-0.25, -0.2) is 0 Å². The van der Waals surface area contributed by atoms with E-state index in [0.29, 0.717) is 5.56 Å². The average Bonchev–Trinajstić information content (AvgIpc) is 2.67. The van der Waals surface area contributed by atoms with E-state index < -0.39 is 12.1 Å². The van der Waals surface area contributed by atoms with Crippen LogP contribution in [0.5, 0.6) is 0 Å². The highest BCUT2D eigenvalue weighted by atomic mass is 16.3. The lowest BCUT2D eigenvalue weighted by Crippen LogP contribution is -2.32. The van der Waals surface area contributed by atoms with E-state index in [4.69, 9.17) is 0 Å². The lowest BCUT2D eigenvalue weighted by molar-refractivity contribution is 0.0831. The summed E-state index contributed by atoms with van der Waals surface area (Å²) in [5.41, 5.74) is 2.19. The minimum absolute atomic E-state index is 0.209.